The van der Waals surface area contributed by atoms with Crippen molar-refractivity contribution in [3.8, 4) is 5.75 Å². The molecule has 19 heavy (non-hydrogen) atoms. The summed E-state index contributed by atoms with van der Waals surface area (Å²) in [6.07, 6.45) is 1.70. The van der Waals surface area contributed by atoms with Crippen LogP contribution in [0.5, 0.6) is 5.75 Å². The predicted molar refractivity (Wildman–Crippen MR) is 69.0 cm³/mol. The number of benzene rings is 1. The number of carbonyl (C=O) groups is 2. The monoisotopic (exact) mass is 264 g/mol. The van der Waals surface area contributed by atoms with Gasteiger partial charge < -0.3 is 14.2 Å². The van der Waals surface area contributed by atoms with Gasteiger partial charge in [-0.15, -0.1) is 0 Å². The second-order valence-corrected chi connectivity index (χ2v) is 3.59. The van der Waals surface area contributed by atoms with Gasteiger partial charge in [-0.3, -0.25) is 0 Å². The Labute approximate surface area is 111 Å². The maximum Gasteiger partial charge on any atom is 0.337 e. The van der Waals surface area contributed by atoms with Crippen LogP contribution in [0.15, 0.2) is 36.9 Å². The molecule has 0 aliphatic carbocycles. The molecule has 0 fully saturated rings. The van der Waals surface area contributed by atoms with E-state index in [2.05, 4.69) is 11.3 Å². The van der Waals surface area contributed by atoms with E-state index in [1.165, 1.54) is 7.11 Å². The van der Waals surface area contributed by atoms with Crippen molar-refractivity contribution < 1.29 is 23.8 Å². The van der Waals surface area contributed by atoms with Crippen LogP contribution in [0.4, 0.5) is 0 Å². The van der Waals surface area contributed by atoms with Gasteiger partial charge in [0, 0.05) is 12.5 Å². The number of ether oxygens (including phenoxy) is 3. The molecule has 0 aliphatic rings. The lowest BCUT2D eigenvalue weighted by molar-refractivity contribution is -0.137. The van der Waals surface area contributed by atoms with Gasteiger partial charge in [0.1, 0.15) is 5.75 Å². The molecule has 0 aromatic heterocycles. The fraction of sp³-hybridized carbons (Fsp3) is 0.286. The summed E-state index contributed by atoms with van der Waals surface area (Å²) in [5.74, 6) is -0.187. The van der Waals surface area contributed by atoms with E-state index in [1.54, 1.807) is 24.3 Å². The Morgan fingerprint density at radius 3 is 2.47 bits per heavy atom. The van der Waals surface area contributed by atoms with E-state index in [0.29, 0.717) is 24.3 Å². The van der Waals surface area contributed by atoms with Crippen molar-refractivity contribution in [2.45, 2.75) is 6.42 Å². The Balaban J connectivity index is 2.28. The van der Waals surface area contributed by atoms with E-state index in [0.717, 1.165) is 6.08 Å². The Morgan fingerprint density at radius 1 is 1.21 bits per heavy atom. The molecule has 1 aromatic carbocycles. The zero-order valence-corrected chi connectivity index (χ0v) is 10.8. The highest BCUT2D eigenvalue weighted by Crippen LogP contribution is 2.13. The third kappa shape index (κ3) is 5.25. The fourth-order valence-corrected chi connectivity index (χ4v) is 1.29. The quantitative estimate of drug-likeness (QED) is 0.428. The van der Waals surface area contributed by atoms with Crippen molar-refractivity contribution in [1.29, 1.82) is 0 Å². The molecule has 1 rings (SSSR count). The van der Waals surface area contributed by atoms with E-state index in [9.17, 15) is 9.59 Å². The minimum Gasteiger partial charge on any atom is -0.493 e. The molecule has 0 bridgehead atoms. The summed E-state index contributed by atoms with van der Waals surface area (Å²) in [6, 6.07) is 6.61. The van der Waals surface area contributed by atoms with E-state index < -0.39 is 5.97 Å². The molecule has 5 nitrogen and oxygen atoms in total. The first-order valence-corrected chi connectivity index (χ1v) is 5.77. The highest BCUT2D eigenvalue weighted by atomic mass is 16.5. The summed E-state index contributed by atoms with van der Waals surface area (Å²) in [7, 11) is 1.33. The van der Waals surface area contributed by atoms with Crippen LogP contribution in [0.3, 0.4) is 0 Å². The second kappa shape index (κ2) is 7.92. The summed E-state index contributed by atoms with van der Waals surface area (Å²) in [6.45, 7) is 3.99. The molecule has 5 heteroatoms. The Hall–Kier alpha value is -2.30. The number of methoxy groups -OCH3 is 1. The summed E-state index contributed by atoms with van der Waals surface area (Å²) in [5, 5.41) is 0. The summed E-state index contributed by atoms with van der Waals surface area (Å²) in [4.78, 5) is 21.9. The fourth-order valence-electron chi connectivity index (χ4n) is 1.29. The van der Waals surface area contributed by atoms with Crippen molar-refractivity contribution in [3.05, 3.63) is 42.5 Å². The average molecular weight is 264 g/mol. The molecule has 0 saturated heterocycles. The molecular formula is C14H16O5. The smallest absolute Gasteiger partial charge is 0.337 e. The summed E-state index contributed by atoms with van der Waals surface area (Å²) >= 11 is 0. The first-order valence-electron chi connectivity index (χ1n) is 5.77. The summed E-state index contributed by atoms with van der Waals surface area (Å²) in [5.41, 5.74) is 0.467. The Morgan fingerprint density at radius 2 is 1.89 bits per heavy atom. The molecule has 0 spiro atoms. The maximum absolute atomic E-state index is 11.2. The molecule has 0 N–H and O–H groups in total. The number of esters is 2. The molecule has 0 saturated carbocycles. The maximum atomic E-state index is 11.2. The highest BCUT2D eigenvalue weighted by Gasteiger charge is 2.04. The van der Waals surface area contributed by atoms with Gasteiger partial charge in [0.15, 0.2) is 0 Å². The zero-order valence-electron chi connectivity index (χ0n) is 10.8. The molecule has 0 atom stereocenters. The molecule has 0 amide bonds. The van der Waals surface area contributed by atoms with Crippen LogP contribution in [0.25, 0.3) is 0 Å². The molecule has 0 aliphatic heterocycles. The minimum absolute atomic E-state index is 0.283. The standard InChI is InChI=1S/C14H16O5/c1-3-13(15)19-10-4-9-18-12-7-5-11(6-8-12)14(16)17-2/h3,5-8H,1,4,9-10H2,2H3. The van der Waals surface area contributed by atoms with Crippen LogP contribution < -0.4 is 4.74 Å². The van der Waals surface area contributed by atoms with E-state index in [1.807, 2.05) is 0 Å². The van der Waals surface area contributed by atoms with E-state index in [4.69, 9.17) is 9.47 Å². The topological polar surface area (TPSA) is 61.8 Å². The number of hydrogen-bond donors (Lipinski definition) is 0. The Bertz CT molecular complexity index is 436. The van der Waals surface area contributed by atoms with Gasteiger partial charge in [-0.05, 0) is 24.3 Å². The van der Waals surface area contributed by atoms with Gasteiger partial charge in [0.25, 0.3) is 0 Å². The molecule has 0 heterocycles. The van der Waals surface area contributed by atoms with Gasteiger partial charge in [-0.25, -0.2) is 9.59 Å². The Kier molecular flexibility index (Phi) is 6.15. The zero-order chi connectivity index (χ0) is 14.1. The first kappa shape index (κ1) is 14.8. The largest absolute Gasteiger partial charge is 0.493 e. The van der Waals surface area contributed by atoms with E-state index >= 15 is 0 Å². The van der Waals surface area contributed by atoms with E-state index in [-0.39, 0.29) is 12.6 Å². The van der Waals surface area contributed by atoms with Crippen molar-refractivity contribution >= 4 is 11.9 Å². The highest BCUT2D eigenvalue weighted by molar-refractivity contribution is 5.89. The van der Waals surface area contributed by atoms with Gasteiger partial charge in [-0.2, -0.15) is 0 Å². The normalized spacial score (nSPS) is 9.53. The van der Waals surface area contributed by atoms with Crippen molar-refractivity contribution in [2.75, 3.05) is 20.3 Å². The minimum atomic E-state index is -0.442. The van der Waals surface area contributed by atoms with Crippen molar-refractivity contribution in [1.82, 2.24) is 0 Å². The van der Waals surface area contributed by atoms with Crippen LogP contribution in [0.1, 0.15) is 16.8 Å². The molecule has 0 radical (unpaired) electrons. The van der Waals surface area contributed by atoms with Crippen LogP contribution in [0.2, 0.25) is 0 Å². The molecule has 0 unspecified atom stereocenters. The van der Waals surface area contributed by atoms with Crippen LogP contribution in [-0.2, 0) is 14.3 Å². The van der Waals surface area contributed by atoms with Gasteiger partial charge in [0.2, 0.25) is 0 Å². The average Bonchev–Trinajstić information content (AvgIpc) is 2.46. The molecule has 102 valence electrons. The van der Waals surface area contributed by atoms with Crippen LogP contribution >= 0.6 is 0 Å². The van der Waals surface area contributed by atoms with Gasteiger partial charge in [-0.1, -0.05) is 6.58 Å². The third-order valence-electron chi connectivity index (χ3n) is 2.24. The van der Waals surface area contributed by atoms with Gasteiger partial charge in [0.05, 0.1) is 25.9 Å². The first-order chi connectivity index (χ1) is 9.17. The SMILES string of the molecule is C=CC(=O)OCCCOc1ccc(C(=O)OC)cc1. The van der Waals surface area contributed by atoms with Crippen LogP contribution in [-0.4, -0.2) is 32.3 Å². The third-order valence-corrected chi connectivity index (χ3v) is 2.24. The van der Waals surface area contributed by atoms with Crippen molar-refractivity contribution in [3.63, 3.8) is 0 Å². The second-order valence-electron chi connectivity index (χ2n) is 3.59. The summed E-state index contributed by atoms with van der Waals surface area (Å²) < 4.78 is 14.8. The number of hydrogen-bond acceptors (Lipinski definition) is 5. The lowest BCUT2D eigenvalue weighted by Gasteiger charge is -2.06. The molecular weight excluding hydrogens is 248 g/mol. The number of rotatable bonds is 7. The van der Waals surface area contributed by atoms with Gasteiger partial charge >= 0.3 is 11.9 Å². The molecule has 1 aromatic rings. The van der Waals surface area contributed by atoms with Crippen molar-refractivity contribution in [2.24, 2.45) is 0 Å². The number of carbonyl (C=O) groups excluding carboxylic acids is 2. The lowest BCUT2D eigenvalue weighted by atomic mass is 10.2. The van der Waals surface area contributed by atoms with Crippen LogP contribution in [0, 0.1) is 0 Å². The predicted octanol–water partition coefficient (Wildman–Crippen LogP) is 1.97. The lowest BCUT2D eigenvalue weighted by Crippen LogP contribution is -2.06.